The third-order valence-corrected chi connectivity index (χ3v) is 3.09. The quantitative estimate of drug-likeness (QED) is 0.645. The van der Waals surface area contributed by atoms with Crippen molar-refractivity contribution in [3.63, 3.8) is 0 Å². The number of aromatic nitrogens is 1. The second kappa shape index (κ2) is 7.27. The number of carbonyl (C=O) groups excluding carboxylic acids is 1. The number of unbranched alkanes of at least 4 members (excludes halogenated alkanes) is 2. The highest BCUT2D eigenvalue weighted by Gasteiger charge is 2.13. The lowest BCUT2D eigenvalue weighted by Crippen LogP contribution is -2.31. The smallest absolute Gasteiger partial charge is 0.259 e. The Hall–Kier alpha value is -1.10. The summed E-state index contributed by atoms with van der Waals surface area (Å²) in [6, 6.07) is 1.37. The van der Waals surface area contributed by atoms with E-state index >= 15 is 0 Å². The number of rotatable bonds is 6. The van der Waals surface area contributed by atoms with Crippen LogP contribution in [0, 0.1) is 0 Å². The van der Waals surface area contributed by atoms with Crippen molar-refractivity contribution in [3.8, 4) is 0 Å². The molecule has 0 unspecified atom stereocenters. The Labute approximate surface area is 109 Å². The number of alkyl halides is 1. The number of hydrogen-bond donors (Lipinski definition) is 1. The molecule has 1 N–H and O–H groups in total. The van der Waals surface area contributed by atoms with Gasteiger partial charge in [0.2, 0.25) is 0 Å². The summed E-state index contributed by atoms with van der Waals surface area (Å²) in [5, 5.41) is 0.989. The van der Waals surface area contributed by atoms with Crippen LogP contribution < -0.4 is 5.43 Å². The number of amides is 1. The zero-order valence-corrected chi connectivity index (χ0v) is 11.5. The Kier molecular flexibility index (Phi) is 5.97. The molecule has 1 aromatic heterocycles. The first-order valence-corrected chi connectivity index (χ1v) is 6.77. The van der Waals surface area contributed by atoms with Gasteiger partial charge in [-0.15, -0.1) is 0 Å². The molecule has 1 rings (SSSR count). The summed E-state index contributed by atoms with van der Waals surface area (Å²) < 4.78 is 0. The van der Waals surface area contributed by atoms with Crippen molar-refractivity contribution in [1.82, 2.24) is 9.88 Å². The van der Waals surface area contributed by atoms with E-state index in [9.17, 15) is 9.59 Å². The molecule has 0 aliphatic carbocycles. The van der Waals surface area contributed by atoms with E-state index < -0.39 is 0 Å². The molecule has 17 heavy (non-hydrogen) atoms. The van der Waals surface area contributed by atoms with Gasteiger partial charge in [-0.25, -0.2) is 0 Å². The Morgan fingerprint density at radius 3 is 2.82 bits per heavy atom. The first-order valence-electron chi connectivity index (χ1n) is 5.65. The molecule has 0 fully saturated rings. The van der Waals surface area contributed by atoms with Gasteiger partial charge in [0.05, 0.1) is 0 Å². The standard InChI is InChI=1S/C12H17BrN2O2/c1-15(8-4-2-3-6-13)12(17)10-9-14-7-5-11(10)16/h5,7,9H,2-4,6,8H2,1H3,(H,14,16). The van der Waals surface area contributed by atoms with E-state index in [1.165, 1.54) is 18.5 Å². The van der Waals surface area contributed by atoms with E-state index in [0.29, 0.717) is 6.54 Å². The molecule has 1 amide bonds. The van der Waals surface area contributed by atoms with Crippen molar-refractivity contribution >= 4 is 21.8 Å². The number of carbonyl (C=O) groups is 1. The number of pyridine rings is 1. The molecule has 0 bridgehead atoms. The van der Waals surface area contributed by atoms with Gasteiger partial charge in [-0.1, -0.05) is 22.4 Å². The fourth-order valence-electron chi connectivity index (χ4n) is 1.51. The maximum Gasteiger partial charge on any atom is 0.259 e. The number of hydrogen-bond acceptors (Lipinski definition) is 2. The summed E-state index contributed by atoms with van der Waals surface area (Å²) >= 11 is 3.37. The number of halogens is 1. The number of H-pyrrole nitrogens is 1. The lowest BCUT2D eigenvalue weighted by molar-refractivity contribution is 0.0791. The van der Waals surface area contributed by atoms with Crippen molar-refractivity contribution in [2.24, 2.45) is 0 Å². The fourth-order valence-corrected chi connectivity index (χ4v) is 1.91. The lowest BCUT2D eigenvalue weighted by Gasteiger charge is -2.16. The van der Waals surface area contributed by atoms with E-state index in [2.05, 4.69) is 20.9 Å². The van der Waals surface area contributed by atoms with E-state index in [-0.39, 0.29) is 16.9 Å². The second-order valence-corrected chi connectivity index (χ2v) is 4.69. The van der Waals surface area contributed by atoms with Crippen LogP contribution in [0.3, 0.4) is 0 Å². The minimum Gasteiger partial charge on any atom is -0.367 e. The molecular weight excluding hydrogens is 284 g/mol. The maximum atomic E-state index is 11.9. The zero-order valence-electron chi connectivity index (χ0n) is 9.91. The molecule has 1 aromatic rings. The second-order valence-electron chi connectivity index (χ2n) is 3.90. The molecule has 0 radical (unpaired) electrons. The largest absolute Gasteiger partial charge is 0.367 e. The Morgan fingerprint density at radius 1 is 1.41 bits per heavy atom. The SMILES string of the molecule is CN(CCCCCBr)C(=O)c1c[nH]ccc1=O. The summed E-state index contributed by atoms with van der Waals surface area (Å²) in [5.41, 5.74) is -0.0310. The highest BCUT2D eigenvalue weighted by molar-refractivity contribution is 9.09. The van der Waals surface area contributed by atoms with Gasteiger partial charge in [0.15, 0.2) is 5.43 Å². The van der Waals surface area contributed by atoms with E-state index in [1.807, 2.05) is 0 Å². The monoisotopic (exact) mass is 300 g/mol. The molecule has 0 spiro atoms. The number of nitrogens with zero attached hydrogens (tertiary/aromatic N) is 1. The zero-order chi connectivity index (χ0) is 12.7. The minimum absolute atomic E-state index is 0.204. The van der Waals surface area contributed by atoms with Crippen molar-refractivity contribution in [2.75, 3.05) is 18.9 Å². The molecule has 0 aromatic carbocycles. The predicted octanol–water partition coefficient (Wildman–Crippen LogP) is 2.01. The molecular formula is C12H17BrN2O2. The van der Waals surface area contributed by atoms with E-state index in [1.54, 1.807) is 11.9 Å². The molecule has 1 heterocycles. The highest BCUT2D eigenvalue weighted by atomic mass is 79.9. The third kappa shape index (κ3) is 4.34. The van der Waals surface area contributed by atoms with Crippen molar-refractivity contribution in [3.05, 3.63) is 34.2 Å². The molecule has 0 saturated carbocycles. The van der Waals surface area contributed by atoms with Crippen molar-refractivity contribution in [2.45, 2.75) is 19.3 Å². The molecule has 0 saturated heterocycles. The van der Waals surface area contributed by atoms with E-state index in [0.717, 1.165) is 24.6 Å². The van der Waals surface area contributed by atoms with E-state index in [4.69, 9.17) is 0 Å². The molecule has 0 aliphatic rings. The van der Waals surface area contributed by atoms with Crippen molar-refractivity contribution < 1.29 is 4.79 Å². The van der Waals surface area contributed by atoms with Crippen LogP contribution in [0.15, 0.2) is 23.3 Å². The van der Waals surface area contributed by atoms with Crippen LogP contribution in [0.1, 0.15) is 29.6 Å². The molecule has 5 heteroatoms. The average Bonchev–Trinajstić information content (AvgIpc) is 2.34. The van der Waals surface area contributed by atoms with Crippen LogP contribution in [0.4, 0.5) is 0 Å². The van der Waals surface area contributed by atoms with Crippen LogP contribution in [0.2, 0.25) is 0 Å². The highest BCUT2D eigenvalue weighted by Crippen LogP contribution is 2.02. The van der Waals surface area contributed by atoms with Gasteiger partial charge in [0.1, 0.15) is 5.56 Å². The first-order chi connectivity index (χ1) is 8.16. The van der Waals surface area contributed by atoms with Gasteiger partial charge in [-0.2, -0.15) is 0 Å². The minimum atomic E-state index is -0.235. The van der Waals surface area contributed by atoms with Crippen molar-refractivity contribution in [1.29, 1.82) is 0 Å². The number of nitrogens with one attached hydrogen (secondary N) is 1. The summed E-state index contributed by atoms with van der Waals surface area (Å²) in [4.78, 5) is 27.7. The fraction of sp³-hybridized carbons (Fsp3) is 0.500. The van der Waals surface area contributed by atoms with Gasteiger partial charge >= 0.3 is 0 Å². The summed E-state index contributed by atoms with van der Waals surface area (Å²) in [6.07, 6.45) is 6.12. The Morgan fingerprint density at radius 2 is 2.18 bits per heavy atom. The van der Waals surface area contributed by atoms with Gasteiger partial charge in [0, 0.05) is 37.4 Å². The van der Waals surface area contributed by atoms with Crippen LogP contribution in [-0.2, 0) is 0 Å². The molecule has 4 nitrogen and oxygen atoms in total. The maximum absolute atomic E-state index is 11.9. The van der Waals surface area contributed by atoms with Crippen LogP contribution in [-0.4, -0.2) is 34.7 Å². The molecule has 0 aliphatic heterocycles. The summed E-state index contributed by atoms with van der Waals surface area (Å²) in [5.74, 6) is -0.217. The van der Waals surface area contributed by atoms with Gasteiger partial charge in [0.25, 0.3) is 5.91 Å². The summed E-state index contributed by atoms with van der Waals surface area (Å²) in [6.45, 7) is 0.681. The lowest BCUT2D eigenvalue weighted by atomic mass is 10.2. The summed E-state index contributed by atoms with van der Waals surface area (Å²) in [7, 11) is 1.73. The average molecular weight is 301 g/mol. The third-order valence-electron chi connectivity index (χ3n) is 2.53. The topological polar surface area (TPSA) is 53.2 Å². The normalized spacial score (nSPS) is 10.2. The van der Waals surface area contributed by atoms with Crippen LogP contribution in [0.5, 0.6) is 0 Å². The van der Waals surface area contributed by atoms with Gasteiger partial charge < -0.3 is 9.88 Å². The first kappa shape index (κ1) is 14.0. The Bertz CT molecular complexity index is 417. The van der Waals surface area contributed by atoms with Gasteiger partial charge in [-0.3, -0.25) is 9.59 Å². The molecule has 94 valence electrons. The molecule has 0 atom stereocenters. The van der Waals surface area contributed by atoms with Crippen LogP contribution >= 0.6 is 15.9 Å². The predicted molar refractivity (Wildman–Crippen MR) is 71.7 cm³/mol. The van der Waals surface area contributed by atoms with Gasteiger partial charge in [-0.05, 0) is 12.8 Å². The Balaban J connectivity index is 2.53. The van der Waals surface area contributed by atoms with Crippen LogP contribution in [0.25, 0.3) is 0 Å². The number of aromatic amines is 1.